The molecule has 29 heavy (non-hydrogen) atoms. The molecule has 0 saturated heterocycles. The molecule has 1 aromatic heterocycles. The molecule has 1 fully saturated rings. The minimum atomic E-state index is -0.295. The Labute approximate surface area is 172 Å². The molecule has 156 valence electrons. The molecule has 1 aliphatic carbocycles. The predicted molar refractivity (Wildman–Crippen MR) is 113 cm³/mol. The van der Waals surface area contributed by atoms with Crippen molar-refractivity contribution < 1.29 is 14.3 Å². The molecule has 1 saturated carbocycles. The third-order valence-corrected chi connectivity index (χ3v) is 5.20. The van der Waals surface area contributed by atoms with Gasteiger partial charge in [0.1, 0.15) is 12.3 Å². The first-order valence-electron chi connectivity index (χ1n) is 10.0. The van der Waals surface area contributed by atoms with E-state index in [4.69, 9.17) is 4.74 Å². The molecular weight excluding hydrogens is 368 g/mol. The van der Waals surface area contributed by atoms with Crippen molar-refractivity contribution >= 4 is 17.6 Å². The van der Waals surface area contributed by atoms with Gasteiger partial charge in [0.2, 0.25) is 5.91 Å². The van der Waals surface area contributed by atoms with Gasteiger partial charge in [-0.05, 0) is 51.0 Å². The van der Waals surface area contributed by atoms with E-state index in [0.717, 1.165) is 18.5 Å². The SMILES string of the molecule is COc1cccc(NC(=O)N(CC(=O)N(Cc2cccn2C)C2CC2)C(C)C)c1. The van der Waals surface area contributed by atoms with E-state index in [9.17, 15) is 9.59 Å². The van der Waals surface area contributed by atoms with Gasteiger partial charge in [-0.3, -0.25) is 4.79 Å². The summed E-state index contributed by atoms with van der Waals surface area (Å²) in [6.45, 7) is 4.44. The quantitative estimate of drug-likeness (QED) is 0.740. The molecule has 7 heteroatoms. The normalized spacial score (nSPS) is 13.3. The van der Waals surface area contributed by atoms with Crippen LogP contribution in [0.4, 0.5) is 10.5 Å². The van der Waals surface area contributed by atoms with E-state index in [0.29, 0.717) is 18.0 Å². The lowest BCUT2D eigenvalue weighted by molar-refractivity contribution is -0.133. The number of methoxy groups -OCH3 is 1. The summed E-state index contributed by atoms with van der Waals surface area (Å²) in [7, 11) is 3.56. The monoisotopic (exact) mass is 398 g/mol. The van der Waals surface area contributed by atoms with E-state index in [-0.39, 0.29) is 30.6 Å². The van der Waals surface area contributed by atoms with Crippen molar-refractivity contribution in [3.8, 4) is 5.75 Å². The van der Waals surface area contributed by atoms with Gasteiger partial charge in [-0.1, -0.05) is 6.07 Å². The van der Waals surface area contributed by atoms with Crippen LogP contribution in [0.3, 0.4) is 0 Å². The van der Waals surface area contributed by atoms with E-state index in [1.54, 1.807) is 24.1 Å². The van der Waals surface area contributed by atoms with Gasteiger partial charge < -0.3 is 24.4 Å². The number of aryl methyl sites for hydroxylation is 1. The molecule has 7 nitrogen and oxygen atoms in total. The molecule has 1 aliphatic rings. The van der Waals surface area contributed by atoms with Gasteiger partial charge >= 0.3 is 6.03 Å². The fraction of sp³-hybridized carbons (Fsp3) is 0.455. The molecule has 0 aliphatic heterocycles. The highest BCUT2D eigenvalue weighted by atomic mass is 16.5. The van der Waals surface area contributed by atoms with E-state index < -0.39 is 0 Å². The van der Waals surface area contributed by atoms with Gasteiger partial charge in [0.05, 0.1) is 13.7 Å². The zero-order valence-corrected chi connectivity index (χ0v) is 17.6. The Hall–Kier alpha value is -2.96. The van der Waals surface area contributed by atoms with Crippen molar-refractivity contribution in [2.75, 3.05) is 19.0 Å². The summed E-state index contributed by atoms with van der Waals surface area (Å²) in [5, 5.41) is 2.87. The molecule has 0 unspecified atom stereocenters. The van der Waals surface area contributed by atoms with Gasteiger partial charge in [-0.15, -0.1) is 0 Å². The summed E-state index contributed by atoms with van der Waals surface area (Å²) in [6.07, 6.45) is 4.02. The maximum absolute atomic E-state index is 13.1. The van der Waals surface area contributed by atoms with Gasteiger partial charge in [0, 0.05) is 42.8 Å². The first-order valence-corrected chi connectivity index (χ1v) is 10.0. The van der Waals surface area contributed by atoms with Crippen LogP contribution in [-0.4, -0.2) is 52.0 Å². The van der Waals surface area contributed by atoms with Crippen molar-refractivity contribution in [1.29, 1.82) is 0 Å². The number of rotatable bonds is 8. The number of nitrogens with zero attached hydrogens (tertiary/aromatic N) is 3. The Kier molecular flexibility index (Phi) is 6.46. The van der Waals surface area contributed by atoms with Crippen LogP contribution in [0.25, 0.3) is 0 Å². The maximum Gasteiger partial charge on any atom is 0.322 e. The van der Waals surface area contributed by atoms with E-state index in [1.807, 2.05) is 60.8 Å². The fourth-order valence-corrected chi connectivity index (χ4v) is 3.26. The van der Waals surface area contributed by atoms with Crippen molar-refractivity contribution in [2.45, 2.75) is 45.3 Å². The number of carbonyl (C=O) groups excluding carboxylic acids is 2. The lowest BCUT2D eigenvalue weighted by Gasteiger charge is -2.30. The van der Waals surface area contributed by atoms with Crippen LogP contribution in [0, 0.1) is 0 Å². The average molecular weight is 399 g/mol. The molecule has 2 aromatic rings. The van der Waals surface area contributed by atoms with Crippen LogP contribution < -0.4 is 10.1 Å². The number of anilines is 1. The zero-order chi connectivity index (χ0) is 21.0. The van der Waals surface area contributed by atoms with Crippen LogP contribution in [0.1, 0.15) is 32.4 Å². The lowest BCUT2D eigenvalue weighted by Crippen LogP contribution is -2.48. The number of hydrogen-bond donors (Lipinski definition) is 1. The number of urea groups is 1. The van der Waals surface area contributed by atoms with Crippen LogP contribution >= 0.6 is 0 Å². The highest BCUT2D eigenvalue weighted by molar-refractivity contribution is 5.92. The second-order valence-corrected chi connectivity index (χ2v) is 7.75. The topological polar surface area (TPSA) is 66.8 Å². The first-order chi connectivity index (χ1) is 13.9. The third kappa shape index (κ3) is 5.31. The number of hydrogen-bond acceptors (Lipinski definition) is 3. The first kappa shape index (κ1) is 20.8. The van der Waals surface area contributed by atoms with Gasteiger partial charge in [0.25, 0.3) is 0 Å². The minimum absolute atomic E-state index is 0.0248. The second-order valence-electron chi connectivity index (χ2n) is 7.75. The summed E-state index contributed by atoms with van der Waals surface area (Å²) in [4.78, 5) is 29.5. The summed E-state index contributed by atoms with van der Waals surface area (Å²) >= 11 is 0. The lowest BCUT2D eigenvalue weighted by atomic mass is 10.2. The fourth-order valence-electron chi connectivity index (χ4n) is 3.26. The third-order valence-electron chi connectivity index (χ3n) is 5.20. The van der Waals surface area contributed by atoms with Crippen molar-refractivity contribution in [2.24, 2.45) is 7.05 Å². The molecule has 1 N–H and O–H groups in total. The zero-order valence-electron chi connectivity index (χ0n) is 17.6. The highest BCUT2D eigenvalue weighted by Crippen LogP contribution is 2.29. The highest BCUT2D eigenvalue weighted by Gasteiger charge is 2.34. The number of ether oxygens (including phenoxy) is 1. The number of nitrogens with one attached hydrogen (secondary N) is 1. The molecule has 0 spiro atoms. The molecule has 3 amide bonds. The van der Waals surface area contributed by atoms with E-state index in [2.05, 4.69) is 5.32 Å². The van der Waals surface area contributed by atoms with Crippen LogP contribution in [0.2, 0.25) is 0 Å². The Balaban J connectivity index is 1.68. The summed E-state index contributed by atoms with van der Waals surface area (Å²) in [6, 6.07) is 11.1. The van der Waals surface area contributed by atoms with Crippen molar-refractivity contribution in [1.82, 2.24) is 14.4 Å². The van der Waals surface area contributed by atoms with E-state index in [1.165, 1.54) is 0 Å². The predicted octanol–water partition coefficient (Wildman–Crippen LogP) is 3.47. The summed E-state index contributed by atoms with van der Waals surface area (Å²) in [5.74, 6) is 0.639. The van der Waals surface area contributed by atoms with Crippen LogP contribution in [-0.2, 0) is 18.4 Å². The van der Waals surface area contributed by atoms with Crippen molar-refractivity contribution in [3.05, 3.63) is 48.3 Å². The maximum atomic E-state index is 13.1. The van der Waals surface area contributed by atoms with Gasteiger partial charge in [-0.2, -0.15) is 0 Å². The van der Waals surface area contributed by atoms with Crippen molar-refractivity contribution in [3.63, 3.8) is 0 Å². The summed E-state index contributed by atoms with van der Waals surface area (Å²) in [5.41, 5.74) is 1.72. The minimum Gasteiger partial charge on any atom is -0.497 e. The molecule has 0 radical (unpaired) electrons. The molecular formula is C22H30N4O3. The van der Waals surface area contributed by atoms with Gasteiger partial charge in [-0.25, -0.2) is 4.79 Å². The molecule has 1 aromatic carbocycles. The summed E-state index contributed by atoms with van der Waals surface area (Å²) < 4.78 is 7.23. The largest absolute Gasteiger partial charge is 0.497 e. The number of carbonyl (C=O) groups is 2. The Morgan fingerprint density at radius 1 is 1.24 bits per heavy atom. The molecule has 1 heterocycles. The van der Waals surface area contributed by atoms with Crippen LogP contribution in [0.15, 0.2) is 42.6 Å². The number of benzene rings is 1. The number of amides is 3. The molecule has 3 rings (SSSR count). The average Bonchev–Trinajstić information content (AvgIpc) is 3.45. The Morgan fingerprint density at radius 3 is 2.59 bits per heavy atom. The standard InChI is InChI=1S/C22H30N4O3/c1-16(2)25(22(28)23-17-7-5-9-20(13-17)29-4)15-21(27)26(18-10-11-18)14-19-8-6-12-24(19)3/h5-9,12-13,16,18H,10-11,14-15H2,1-4H3,(H,23,28). The Bertz CT molecular complexity index is 857. The molecule has 0 bridgehead atoms. The van der Waals surface area contributed by atoms with Crippen LogP contribution in [0.5, 0.6) is 5.75 Å². The van der Waals surface area contributed by atoms with E-state index >= 15 is 0 Å². The smallest absolute Gasteiger partial charge is 0.322 e. The molecule has 0 atom stereocenters. The number of aromatic nitrogens is 1. The Morgan fingerprint density at radius 2 is 2.00 bits per heavy atom. The van der Waals surface area contributed by atoms with Gasteiger partial charge in [0.15, 0.2) is 0 Å². The second kappa shape index (κ2) is 9.03.